The zero-order valence-corrected chi connectivity index (χ0v) is 17.8. The standard InChI is InChI=1S/C21H25FN4O3S/c1-13(2)10-26(20(29)14-3-5-15(22)6-4-14)11-19(28)25-21-24-17(12-30-21)9-18(27)23-16-7-8-16/h3-6,12-13,16H,7-11H2,1-2H3,(H,23,27)(H,24,25,28). The van der Waals surface area contributed by atoms with Crippen molar-refractivity contribution in [1.29, 1.82) is 0 Å². The fourth-order valence-electron chi connectivity index (χ4n) is 2.88. The summed E-state index contributed by atoms with van der Waals surface area (Å²) < 4.78 is 13.1. The molecule has 3 amide bonds. The Morgan fingerprint density at radius 2 is 1.90 bits per heavy atom. The Morgan fingerprint density at radius 1 is 1.20 bits per heavy atom. The van der Waals surface area contributed by atoms with Gasteiger partial charge in [0, 0.05) is 23.5 Å². The third-order valence-corrected chi connectivity index (χ3v) is 5.19. The van der Waals surface area contributed by atoms with Crippen LogP contribution in [0.1, 0.15) is 42.7 Å². The Bertz CT molecular complexity index is 909. The second kappa shape index (κ2) is 9.80. The van der Waals surface area contributed by atoms with E-state index in [1.165, 1.54) is 40.5 Å². The molecule has 0 aliphatic heterocycles. The van der Waals surface area contributed by atoms with E-state index in [9.17, 15) is 18.8 Å². The molecule has 1 heterocycles. The molecule has 0 saturated heterocycles. The van der Waals surface area contributed by atoms with Gasteiger partial charge in [0.1, 0.15) is 12.4 Å². The van der Waals surface area contributed by atoms with Crippen molar-refractivity contribution in [3.05, 3.63) is 46.7 Å². The lowest BCUT2D eigenvalue weighted by atomic mass is 10.1. The van der Waals surface area contributed by atoms with Gasteiger partial charge in [0.05, 0.1) is 12.1 Å². The normalized spacial score (nSPS) is 13.2. The van der Waals surface area contributed by atoms with Crippen molar-refractivity contribution in [3.63, 3.8) is 0 Å². The van der Waals surface area contributed by atoms with Crippen molar-refractivity contribution in [2.45, 2.75) is 39.2 Å². The second-order valence-electron chi connectivity index (χ2n) is 7.80. The first-order valence-electron chi connectivity index (χ1n) is 9.88. The molecule has 0 atom stereocenters. The highest BCUT2D eigenvalue weighted by Gasteiger charge is 2.24. The highest BCUT2D eigenvalue weighted by atomic mass is 32.1. The van der Waals surface area contributed by atoms with Crippen molar-refractivity contribution in [2.24, 2.45) is 5.92 Å². The molecule has 2 N–H and O–H groups in total. The van der Waals surface area contributed by atoms with E-state index in [4.69, 9.17) is 0 Å². The Kier molecular flexibility index (Phi) is 7.15. The molecule has 0 bridgehead atoms. The maximum Gasteiger partial charge on any atom is 0.254 e. The minimum Gasteiger partial charge on any atom is -0.353 e. The Morgan fingerprint density at radius 3 is 2.53 bits per heavy atom. The first kappa shape index (κ1) is 21.9. The van der Waals surface area contributed by atoms with Crippen LogP contribution in [-0.2, 0) is 16.0 Å². The van der Waals surface area contributed by atoms with Crippen molar-refractivity contribution in [1.82, 2.24) is 15.2 Å². The number of anilines is 1. The topological polar surface area (TPSA) is 91.4 Å². The lowest BCUT2D eigenvalue weighted by Gasteiger charge is -2.24. The summed E-state index contributed by atoms with van der Waals surface area (Å²) in [4.78, 5) is 42.9. The van der Waals surface area contributed by atoms with Gasteiger partial charge in [-0.2, -0.15) is 0 Å². The van der Waals surface area contributed by atoms with E-state index in [2.05, 4.69) is 15.6 Å². The maximum absolute atomic E-state index is 13.1. The van der Waals surface area contributed by atoms with E-state index in [-0.39, 0.29) is 36.6 Å². The molecule has 0 spiro atoms. The molecule has 0 radical (unpaired) electrons. The quantitative estimate of drug-likeness (QED) is 0.637. The molecule has 0 unspecified atom stereocenters. The van der Waals surface area contributed by atoms with Crippen LogP contribution in [0, 0.1) is 11.7 Å². The van der Waals surface area contributed by atoms with Gasteiger partial charge in [-0.3, -0.25) is 14.4 Å². The van der Waals surface area contributed by atoms with Gasteiger partial charge < -0.3 is 15.5 Å². The van der Waals surface area contributed by atoms with Gasteiger partial charge in [0.25, 0.3) is 5.91 Å². The number of hydrogen-bond donors (Lipinski definition) is 2. The summed E-state index contributed by atoms with van der Waals surface area (Å²) in [6.07, 6.45) is 2.21. The van der Waals surface area contributed by atoms with Gasteiger partial charge in [-0.1, -0.05) is 13.8 Å². The minimum absolute atomic E-state index is 0.0753. The van der Waals surface area contributed by atoms with Crippen LogP contribution in [0.3, 0.4) is 0 Å². The van der Waals surface area contributed by atoms with Gasteiger partial charge in [-0.15, -0.1) is 11.3 Å². The highest BCUT2D eigenvalue weighted by Crippen LogP contribution is 2.20. The largest absolute Gasteiger partial charge is 0.353 e. The van der Waals surface area contributed by atoms with Gasteiger partial charge in [-0.25, -0.2) is 9.37 Å². The molecule has 1 fully saturated rings. The summed E-state index contributed by atoms with van der Waals surface area (Å²) in [5.41, 5.74) is 0.915. The third kappa shape index (κ3) is 6.62. The molecule has 2 aromatic rings. The number of thiazole rings is 1. The number of nitrogens with zero attached hydrogens (tertiary/aromatic N) is 2. The fourth-order valence-corrected chi connectivity index (χ4v) is 3.61. The van der Waals surface area contributed by atoms with Gasteiger partial charge >= 0.3 is 0 Å². The molecule has 1 aliphatic rings. The third-order valence-electron chi connectivity index (χ3n) is 4.38. The predicted octanol–water partition coefficient (Wildman–Crippen LogP) is 2.84. The zero-order chi connectivity index (χ0) is 21.7. The molecule has 1 saturated carbocycles. The number of nitrogens with one attached hydrogen (secondary N) is 2. The Labute approximate surface area is 178 Å². The van der Waals surface area contributed by atoms with E-state index in [1.807, 2.05) is 13.8 Å². The van der Waals surface area contributed by atoms with E-state index >= 15 is 0 Å². The summed E-state index contributed by atoms with van der Waals surface area (Å²) in [5.74, 6) is -1.07. The molecule has 9 heteroatoms. The van der Waals surface area contributed by atoms with E-state index < -0.39 is 5.82 Å². The van der Waals surface area contributed by atoms with Crippen molar-refractivity contribution in [2.75, 3.05) is 18.4 Å². The van der Waals surface area contributed by atoms with Gasteiger partial charge in [-0.05, 0) is 43.0 Å². The van der Waals surface area contributed by atoms with Crippen molar-refractivity contribution < 1.29 is 18.8 Å². The molecule has 7 nitrogen and oxygen atoms in total. The van der Waals surface area contributed by atoms with Crippen LogP contribution < -0.4 is 10.6 Å². The summed E-state index contributed by atoms with van der Waals surface area (Å²) in [7, 11) is 0. The van der Waals surface area contributed by atoms with Crippen LogP contribution in [0.5, 0.6) is 0 Å². The number of amides is 3. The van der Waals surface area contributed by atoms with Crippen LogP contribution >= 0.6 is 11.3 Å². The number of rotatable bonds is 9. The van der Waals surface area contributed by atoms with Crippen LogP contribution in [0.2, 0.25) is 0 Å². The fraction of sp³-hybridized carbons (Fsp3) is 0.429. The highest BCUT2D eigenvalue weighted by molar-refractivity contribution is 7.13. The van der Waals surface area contributed by atoms with Crippen molar-refractivity contribution >= 4 is 34.2 Å². The summed E-state index contributed by atoms with van der Waals surface area (Å²) >= 11 is 1.23. The molecule has 3 rings (SSSR count). The molecule has 1 aromatic heterocycles. The SMILES string of the molecule is CC(C)CN(CC(=O)Nc1nc(CC(=O)NC2CC2)cs1)C(=O)c1ccc(F)cc1. The van der Waals surface area contributed by atoms with Crippen LogP contribution in [0.4, 0.5) is 9.52 Å². The maximum atomic E-state index is 13.1. The number of benzene rings is 1. The average molecular weight is 433 g/mol. The number of halogens is 1. The van der Waals surface area contributed by atoms with Gasteiger partial charge in [0.2, 0.25) is 11.8 Å². The number of carbonyl (C=O) groups excluding carboxylic acids is 3. The lowest BCUT2D eigenvalue weighted by Crippen LogP contribution is -2.40. The molecule has 160 valence electrons. The monoisotopic (exact) mass is 432 g/mol. The van der Waals surface area contributed by atoms with Crippen LogP contribution in [-0.4, -0.2) is 46.7 Å². The summed E-state index contributed by atoms with van der Waals surface area (Å²) in [5, 5.41) is 7.71. The van der Waals surface area contributed by atoms with E-state index in [1.54, 1.807) is 5.38 Å². The molecule has 1 aliphatic carbocycles. The zero-order valence-electron chi connectivity index (χ0n) is 17.0. The van der Waals surface area contributed by atoms with Gasteiger partial charge in [0.15, 0.2) is 5.13 Å². The van der Waals surface area contributed by atoms with Crippen molar-refractivity contribution in [3.8, 4) is 0 Å². The molecule has 30 heavy (non-hydrogen) atoms. The first-order chi connectivity index (χ1) is 14.3. The minimum atomic E-state index is -0.426. The van der Waals surface area contributed by atoms with E-state index in [0.29, 0.717) is 29.0 Å². The first-order valence-corrected chi connectivity index (χ1v) is 10.8. The summed E-state index contributed by atoms with van der Waals surface area (Å²) in [6.45, 7) is 4.13. The number of hydrogen-bond acceptors (Lipinski definition) is 5. The van der Waals surface area contributed by atoms with E-state index in [0.717, 1.165) is 12.8 Å². The van der Waals surface area contributed by atoms with Crippen LogP contribution in [0.25, 0.3) is 0 Å². The Hall–Kier alpha value is -2.81. The molecule has 1 aromatic carbocycles. The Balaban J connectivity index is 1.58. The summed E-state index contributed by atoms with van der Waals surface area (Å²) in [6, 6.07) is 5.54. The smallest absolute Gasteiger partial charge is 0.254 e. The lowest BCUT2D eigenvalue weighted by molar-refractivity contribution is -0.120. The second-order valence-corrected chi connectivity index (χ2v) is 8.66. The number of carbonyl (C=O) groups is 3. The average Bonchev–Trinajstić information content (AvgIpc) is 3.38. The number of aromatic nitrogens is 1. The molecular weight excluding hydrogens is 407 g/mol. The van der Waals surface area contributed by atoms with Crippen LogP contribution in [0.15, 0.2) is 29.6 Å². The predicted molar refractivity (Wildman–Crippen MR) is 113 cm³/mol. The molecular formula is C21H25FN4O3S.